The maximum atomic E-state index is 10.9. The predicted molar refractivity (Wildman–Crippen MR) is 122 cm³/mol. The molecule has 0 rings (SSSR count). The molecule has 1 N–H and O–H groups in total. The van der Waals surface area contributed by atoms with Gasteiger partial charge in [0.15, 0.2) is 0 Å². The summed E-state index contributed by atoms with van der Waals surface area (Å²) in [6.45, 7) is 5.68. The van der Waals surface area contributed by atoms with Crippen LogP contribution in [0.15, 0.2) is 0 Å². The first-order valence-electron chi connectivity index (χ1n) is 12.5. The van der Waals surface area contributed by atoms with Gasteiger partial charge >= 0.3 is 0 Å². The van der Waals surface area contributed by atoms with Crippen molar-refractivity contribution in [2.45, 2.75) is 129 Å². The summed E-state index contributed by atoms with van der Waals surface area (Å²) < 4.78 is 11.3. The Kier molecular flexibility index (Phi) is 23.5. The van der Waals surface area contributed by atoms with E-state index in [4.69, 9.17) is 9.47 Å². The van der Waals surface area contributed by atoms with Crippen LogP contribution in [0.4, 0.5) is 0 Å². The number of carbonyl (C=O) groups is 1. The topological polar surface area (TPSA) is 55.8 Å². The van der Waals surface area contributed by atoms with Crippen LogP contribution in [-0.2, 0) is 14.3 Å². The van der Waals surface area contributed by atoms with Crippen LogP contribution in [0.5, 0.6) is 0 Å². The fourth-order valence-corrected chi connectivity index (χ4v) is 3.49. The molecule has 0 spiro atoms. The van der Waals surface area contributed by atoms with Crippen LogP contribution in [0.3, 0.4) is 0 Å². The summed E-state index contributed by atoms with van der Waals surface area (Å²) in [5, 5.41) is 9.34. The van der Waals surface area contributed by atoms with Crippen LogP contribution >= 0.6 is 0 Å². The van der Waals surface area contributed by atoms with Gasteiger partial charge in [-0.25, -0.2) is 0 Å². The molecule has 4 nitrogen and oxygen atoms in total. The number of hydrogen-bond donors (Lipinski definition) is 1. The summed E-state index contributed by atoms with van der Waals surface area (Å²) in [5.41, 5.74) is 0. The highest BCUT2D eigenvalue weighted by molar-refractivity contribution is 5.75. The lowest BCUT2D eigenvalue weighted by Gasteiger charge is -2.15. The Morgan fingerprint density at radius 2 is 1.21 bits per heavy atom. The highest BCUT2D eigenvalue weighted by Gasteiger charge is 2.07. The number of aliphatic hydroxyl groups excluding tert-OH is 1. The van der Waals surface area contributed by atoms with Gasteiger partial charge < -0.3 is 19.4 Å². The fraction of sp³-hybridized carbons (Fsp3) is 0.960. The molecule has 0 amide bonds. The van der Waals surface area contributed by atoms with E-state index >= 15 is 0 Å². The zero-order chi connectivity index (χ0) is 21.4. The van der Waals surface area contributed by atoms with E-state index in [0.29, 0.717) is 19.6 Å². The van der Waals surface area contributed by atoms with Gasteiger partial charge in [-0.15, -0.1) is 0 Å². The van der Waals surface area contributed by atoms with Gasteiger partial charge in [0.05, 0.1) is 13.2 Å². The number of carbonyl (C=O) groups excluding carboxylic acids is 1. The molecule has 0 aromatic heterocycles. The largest absolute Gasteiger partial charge is 0.394 e. The molecule has 0 fully saturated rings. The van der Waals surface area contributed by atoms with Crippen molar-refractivity contribution in [2.24, 2.45) is 0 Å². The van der Waals surface area contributed by atoms with Crippen LogP contribution in [0.1, 0.15) is 123 Å². The summed E-state index contributed by atoms with van der Waals surface area (Å²) in [5.74, 6) is 0.222. The van der Waals surface area contributed by atoms with Crippen molar-refractivity contribution in [1.82, 2.24) is 0 Å². The van der Waals surface area contributed by atoms with E-state index in [1.807, 2.05) is 0 Å². The molecule has 0 radical (unpaired) electrons. The predicted octanol–water partition coefficient (Wildman–Crippen LogP) is 6.62. The number of rotatable bonds is 24. The van der Waals surface area contributed by atoms with Crippen LogP contribution < -0.4 is 0 Å². The summed E-state index contributed by atoms with van der Waals surface area (Å²) in [6, 6.07) is 0. The monoisotopic (exact) mass is 414 g/mol. The zero-order valence-electron chi connectivity index (χ0n) is 19.6. The summed E-state index contributed by atoms with van der Waals surface area (Å²) in [6.07, 6.45) is 21.1. The van der Waals surface area contributed by atoms with Crippen molar-refractivity contribution >= 4 is 5.78 Å². The standard InChI is InChI=1S/C25H50O4/c1-3-4-5-6-7-8-9-10-11-12-13-14-15-17-20-28-23-25(22-26)29-21-18-16-19-24(2)27/h25-26H,3-23H2,1-2H3/t25-/m0/s1. The Labute approximate surface area is 181 Å². The van der Waals surface area contributed by atoms with Crippen LogP contribution in [0.25, 0.3) is 0 Å². The smallest absolute Gasteiger partial charge is 0.129 e. The van der Waals surface area contributed by atoms with Gasteiger partial charge in [0.1, 0.15) is 11.9 Å². The summed E-state index contributed by atoms with van der Waals surface area (Å²) in [4.78, 5) is 10.9. The minimum atomic E-state index is -0.237. The van der Waals surface area contributed by atoms with Gasteiger partial charge in [0.25, 0.3) is 0 Å². The molecule has 0 aliphatic rings. The molecule has 174 valence electrons. The van der Waals surface area contributed by atoms with Crippen molar-refractivity contribution in [1.29, 1.82) is 0 Å². The molecule has 0 aliphatic heterocycles. The number of Topliss-reactive ketones (excluding diaryl/α,β-unsaturated/α-hetero) is 1. The molecule has 0 unspecified atom stereocenters. The SMILES string of the molecule is CCCCCCCCCCCCCCCCOC[C@H](CO)OCCCCC(C)=O. The van der Waals surface area contributed by atoms with Gasteiger partial charge in [0, 0.05) is 19.6 Å². The molecule has 0 aromatic rings. The minimum Gasteiger partial charge on any atom is -0.394 e. The number of ether oxygens (including phenoxy) is 2. The number of hydrogen-bond acceptors (Lipinski definition) is 4. The van der Waals surface area contributed by atoms with Crippen LogP contribution in [-0.4, -0.2) is 43.4 Å². The third-order valence-electron chi connectivity index (χ3n) is 5.43. The third-order valence-corrected chi connectivity index (χ3v) is 5.43. The highest BCUT2D eigenvalue weighted by Crippen LogP contribution is 2.13. The Hall–Kier alpha value is -0.450. The number of aliphatic hydroxyl groups is 1. The number of ketones is 1. The molecule has 4 heteroatoms. The Morgan fingerprint density at radius 3 is 1.69 bits per heavy atom. The van der Waals surface area contributed by atoms with E-state index < -0.39 is 0 Å². The van der Waals surface area contributed by atoms with Crippen LogP contribution in [0, 0.1) is 0 Å². The molecule has 0 aliphatic carbocycles. The molecular weight excluding hydrogens is 364 g/mol. The molecule has 29 heavy (non-hydrogen) atoms. The first kappa shape index (κ1) is 28.5. The second-order valence-corrected chi connectivity index (χ2v) is 8.51. The molecular formula is C25H50O4. The molecule has 1 atom stereocenters. The summed E-state index contributed by atoms with van der Waals surface area (Å²) >= 11 is 0. The average Bonchev–Trinajstić information content (AvgIpc) is 2.71. The van der Waals surface area contributed by atoms with Gasteiger partial charge in [-0.2, -0.15) is 0 Å². The normalized spacial score (nSPS) is 12.4. The van der Waals surface area contributed by atoms with E-state index in [2.05, 4.69) is 6.92 Å². The van der Waals surface area contributed by atoms with Crippen molar-refractivity contribution in [3.05, 3.63) is 0 Å². The van der Waals surface area contributed by atoms with E-state index in [9.17, 15) is 9.90 Å². The Morgan fingerprint density at radius 1 is 0.724 bits per heavy atom. The lowest BCUT2D eigenvalue weighted by molar-refractivity contribution is -0.117. The van der Waals surface area contributed by atoms with Crippen LogP contribution in [0.2, 0.25) is 0 Å². The average molecular weight is 415 g/mol. The first-order chi connectivity index (χ1) is 14.2. The molecule has 0 aromatic carbocycles. The third kappa shape index (κ3) is 23.7. The molecule has 0 saturated carbocycles. The summed E-state index contributed by atoms with van der Waals surface area (Å²) in [7, 11) is 0. The molecule has 0 bridgehead atoms. The lowest BCUT2D eigenvalue weighted by atomic mass is 10.0. The fourth-order valence-electron chi connectivity index (χ4n) is 3.49. The van der Waals surface area contributed by atoms with Gasteiger partial charge in [-0.1, -0.05) is 90.4 Å². The van der Waals surface area contributed by atoms with Crippen molar-refractivity contribution in [3.63, 3.8) is 0 Å². The maximum absolute atomic E-state index is 10.9. The van der Waals surface area contributed by atoms with E-state index in [0.717, 1.165) is 25.9 Å². The van der Waals surface area contributed by atoms with E-state index in [1.54, 1.807) is 6.92 Å². The lowest BCUT2D eigenvalue weighted by Crippen LogP contribution is -2.24. The highest BCUT2D eigenvalue weighted by atomic mass is 16.5. The maximum Gasteiger partial charge on any atom is 0.129 e. The van der Waals surface area contributed by atoms with E-state index in [-0.39, 0.29) is 18.5 Å². The quantitative estimate of drug-likeness (QED) is 0.180. The van der Waals surface area contributed by atoms with E-state index in [1.165, 1.54) is 83.5 Å². The second-order valence-electron chi connectivity index (χ2n) is 8.51. The number of unbranched alkanes of at least 4 members (excludes halogenated alkanes) is 14. The Balaban J connectivity index is 3.24. The molecule has 0 saturated heterocycles. The minimum absolute atomic E-state index is 0.00848. The Bertz CT molecular complexity index is 333. The first-order valence-corrected chi connectivity index (χ1v) is 12.5. The van der Waals surface area contributed by atoms with Gasteiger partial charge in [-0.05, 0) is 26.2 Å². The van der Waals surface area contributed by atoms with Gasteiger partial charge in [-0.3, -0.25) is 0 Å². The zero-order valence-corrected chi connectivity index (χ0v) is 19.6. The van der Waals surface area contributed by atoms with Gasteiger partial charge in [0.2, 0.25) is 0 Å². The molecule has 0 heterocycles. The second kappa shape index (κ2) is 23.8. The van der Waals surface area contributed by atoms with Crippen molar-refractivity contribution < 1.29 is 19.4 Å². The van der Waals surface area contributed by atoms with Crippen molar-refractivity contribution in [3.8, 4) is 0 Å². The van der Waals surface area contributed by atoms with Crippen molar-refractivity contribution in [2.75, 3.05) is 26.4 Å².